The lowest BCUT2D eigenvalue weighted by Gasteiger charge is -2.14. The fourth-order valence-corrected chi connectivity index (χ4v) is 2.49. The molecule has 0 saturated carbocycles. The van der Waals surface area contributed by atoms with Crippen molar-refractivity contribution in [3.8, 4) is 0 Å². The summed E-state index contributed by atoms with van der Waals surface area (Å²) in [5.74, 6) is -0.0476. The smallest absolute Gasteiger partial charge is 0.323 e. The van der Waals surface area contributed by atoms with E-state index in [1.54, 1.807) is 6.07 Å². The summed E-state index contributed by atoms with van der Waals surface area (Å²) in [6.07, 6.45) is 0.278. The van der Waals surface area contributed by atoms with Crippen LogP contribution in [0, 0.1) is 0 Å². The van der Waals surface area contributed by atoms with E-state index < -0.39 is 0 Å². The molecule has 1 aromatic heterocycles. The van der Waals surface area contributed by atoms with Gasteiger partial charge in [-0.1, -0.05) is 36.4 Å². The molecule has 0 spiro atoms. The minimum atomic E-state index is -0.241. The van der Waals surface area contributed by atoms with Crippen LogP contribution in [0.5, 0.6) is 0 Å². The third kappa shape index (κ3) is 3.09. The van der Waals surface area contributed by atoms with Crippen molar-refractivity contribution >= 4 is 16.9 Å². The molecule has 2 aromatic carbocycles. The van der Waals surface area contributed by atoms with E-state index in [0.717, 1.165) is 16.6 Å². The van der Waals surface area contributed by atoms with Gasteiger partial charge in [-0.3, -0.25) is 4.79 Å². The third-order valence-corrected chi connectivity index (χ3v) is 3.62. The Hall–Kier alpha value is -2.82. The molecule has 0 radical (unpaired) electrons. The number of benzene rings is 2. The topological polar surface area (TPSA) is 77.8 Å². The molecular formula is C17H17N3O2. The lowest BCUT2D eigenvalue weighted by atomic mass is 10.1. The van der Waals surface area contributed by atoms with Crippen LogP contribution in [0.15, 0.2) is 53.3 Å². The summed E-state index contributed by atoms with van der Waals surface area (Å²) in [5, 5.41) is 2.98. The van der Waals surface area contributed by atoms with Gasteiger partial charge in [0.05, 0.1) is 23.5 Å². The fourth-order valence-electron chi connectivity index (χ4n) is 2.49. The van der Waals surface area contributed by atoms with Crippen molar-refractivity contribution in [3.63, 3.8) is 0 Å². The number of amides is 1. The molecule has 112 valence electrons. The number of carbonyl (C=O) groups excluding carboxylic acids is 1. The van der Waals surface area contributed by atoms with Crippen LogP contribution >= 0.6 is 0 Å². The van der Waals surface area contributed by atoms with Crippen molar-refractivity contribution in [2.75, 3.05) is 0 Å². The van der Waals surface area contributed by atoms with E-state index in [1.165, 1.54) is 0 Å². The van der Waals surface area contributed by atoms with Gasteiger partial charge in [0.15, 0.2) is 0 Å². The number of fused-ring (bicyclic) bond motifs is 1. The molecule has 22 heavy (non-hydrogen) atoms. The SMILES string of the molecule is CC(NC(=O)Cc1ccc2[nH]c(=O)[nH]c2c1)c1ccccc1. The van der Waals surface area contributed by atoms with Crippen molar-refractivity contribution in [2.45, 2.75) is 19.4 Å². The van der Waals surface area contributed by atoms with Gasteiger partial charge in [-0.05, 0) is 30.2 Å². The van der Waals surface area contributed by atoms with Crippen LogP contribution in [-0.4, -0.2) is 15.9 Å². The van der Waals surface area contributed by atoms with Crippen molar-refractivity contribution in [1.82, 2.24) is 15.3 Å². The molecule has 0 fully saturated rings. The minimum absolute atomic E-state index is 0.0375. The van der Waals surface area contributed by atoms with E-state index in [-0.39, 0.29) is 24.1 Å². The van der Waals surface area contributed by atoms with Gasteiger partial charge in [0, 0.05) is 0 Å². The van der Waals surface area contributed by atoms with Gasteiger partial charge in [0.2, 0.25) is 5.91 Å². The van der Waals surface area contributed by atoms with Gasteiger partial charge < -0.3 is 15.3 Å². The van der Waals surface area contributed by atoms with E-state index in [4.69, 9.17) is 0 Å². The van der Waals surface area contributed by atoms with Gasteiger partial charge >= 0.3 is 5.69 Å². The van der Waals surface area contributed by atoms with E-state index in [0.29, 0.717) is 5.52 Å². The molecule has 5 heteroatoms. The zero-order valence-corrected chi connectivity index (χ0v) is 12.2. The summed E-state index contributed by atoms with van der Waals surface area (Å²) in [6, 6.07) is 15.3. The summed E-state index contributed by atoms with van der Waals surface area (Å²) in [7, 11) is 0. The lowest BCUT2D eigenvalue weighted by Crippen LogP contribution is -2.28. The summed E-state index contributed by atoms with van der Waals surface area (Å²) < 4.78 is 0. The maximum absolute atomic E-state index is 12.1. The first-order chi connectivity index (χ1) is 10.6. The Bertz CT molecular complexity index is 849. The van der Waals surface area contributed by atoms with Crippen molar-refractivity contribution in [3.05, 3.63) is 70.1 Å². The van der Waals surface area contributed by atoms with Gasteiger partial charge in [0.25, 0.3) is 0 Å². The van der Waals surface area contributed by atoms with Crippen molar-refractivity contribution in [1.29, 1.82) is 0 Å². The first-order valence-corrected chi connectivity index (χ1v) is 7.17. The quantitative estimate of drug-likeness (QED) is 0.690. The van der Waals surface area contributed by atoms with Crippen LogP contribution in [0.1, 0.15) is 24.1 Å². The number of hydrogen-bond donors (Lipinski definition) is 3. The molecule has 5 nitrogen and oxygen atoms in total. The fraction of sp³-hybridized carbons (Fsp3) is 0.176. The Kier molecular flexibility index (Phi) is 3.78. The second kappa shape index (κ2) is 5.89. The van der Waals surface area contributed by atoms with Crippen LogP contribution in [-0.2, 0) is 11.2 Å². The molecule has 0 bridgehead atoms. The second-order valence-corrected chi connectivity index (χ2v) is 5.34. The molecule has 1 unspecified atom stereocenters. The highest BCUT2D eigenvalue weighted by Crippen LogP contribution is 2.13. The third-order valence-electron chi connectivity index (χ3n) is 3.62. The highest BCUT2D eigenvalue weighted by molar-refractivity contribution is 5.81. The number of aromatic nitrogens is 2. The molecule has 3 N–H and O–H groups in total. The number of rotatable bonds is 4. The minimum Gasteiger partial charge on any atom is -0.349 e. The molecule has 0 aliphatic heterocycles. The molecule has 1 atom stereocenters. The Morgan fingerprint density at radius 2 is 1.82 bits per heavy atom. The lowest BCUT2D eigenvalue weighted by molar-refractivity contribution is -0.121. The standard InChI is InChI=1S/C17H17N3O2/c1-11(13-5-3-2-4-6-13)18-16(21)10-12-7-8-14-15(9-12)20-17(22)19-14/h2-9,11H,10H2,1H3,(H,18,21)(H2,19,20,22). The summed E-state index contributed by atoms with van der Waals surface area (Å²) in [5.41, 5.74) is 3.15. The Labute approximate surface area is 127 Å². The predicted molar refractivity (Wildman–Crippen MR) is 85.6 cm³/mol. The van der Waals surface area contributed by atoms with Crippen LogP contribution in [0.25, 0.3) is 11.0 Å². The maximum atomic E-state index is 12.1. The van der Waals surface area contributed by atoms with Crippen molar-refractivity contribution in [2.24, 2.45) is 0 Å². The molecular weight excluding hydrogens is 278 g/mol. The average molecular weight is 295 g/mol. The Morgan fingerprint density at radius 3 is 2.59 bits per heavy atom. The molecule has 3 rings (SSSR count). The largest absolute Gasteiger partial charge is 0.349 e. The van der Waals surface area contributed by atoms with Crippen LogP contribution < -0.4 is 11.0 Å². The van der Waals surface area contributed by atoms with Crippen LogP contribution in [0.2, 0.25) is 0 Å². The predicted octanol–water partition coefficient (Wildman–Crippen LogP) is 2.28. The summed E-state index contributed by atoms with van der Waals surface area (Å²) in [6.45, 7) is 1.96. The molecule has 3 aromatic rings. The zero-order valence-electron chi connectivity index (χ0n) is 12.2. The monoisotopic (exact) mass is 295 g/mol. The van der Waals surface area contributed by atoms with Gasteiger partial charge in [-0.2, -0.15) is 0 Å². The normalized spacial score (nSPS) is 12.2. The molecule has 1 amide bonds. The van der Waals surface area contributed by atoms with E-state index in [1.807, 2.05) is 49.4 Å². The molecule has 0 aliphatic carbocycles. The number of carbonyl (C=O) groups is 1. The van der Waals surface area contributed by atoms with E-state index in [2.05, 4.69) is 15.3 Å². The van der Waals surface area contributed by atoms with Gasteiger partial charge in [-0.15, -0.1) is 0 Å². The molecule has 0 saturated heterocycles. The zero-order chi connectivity index (χ0) is 15.5. The van der Waals surface area contributed by atoms with E-state index in [9.17, 15) is 9.59 Å². The average Bonchev–Trinajstić information content (AvgIpc) is 2.87. The number of imidazole rings is 1. The highest BCUT2D eigenvalue weighted by atomic mass is 16.1. The van der Waals surface area contributed by atoms with E-state index >= 15 is 0 Å². The molecule has 0 aliphatic rings. The van der Waals surface area contributed by atoms with Crippen LogP contribution in [0.4, 0.5) is 0 Å². The Balaban J connectivity index is 1.69. The number of aromatic amines is 2. The Morgan fingerprint density at radius 1 is 1.09 bits per heavy atom. The number of hydrogen-bond acceptors (Lipinski definition) is 2. The van der Waals surface area contributed by atoms with Crippen molar-refractivity contribution < 1.29 is 4.79 Å². The summed E-state index contributed by atoms with van der Waals surface area (Å²) >= 11 is 0. The first-order valence-electron chi connectivity index (χ1n) is 7.17. The first kappa shape index (κ1) is 14.1. The molecule has 1 heterocycles. The summed E-state index contributed by atoms with van der Waals surface area (Å²) in [4.78, 5) is 28.8. The van der Waals surface area contributed by atoms with Gasteiger partial charge in [0.1, 0.15) is 0 Å². The van der Waals surface area contributed by atoms with Crippen LogP contribution in [0.3, 0.4) is 0 Å². The number of nitrogens with one attached hydrogen (secondary N) is 3. The number of H-pyrrole nitrogens is 2. The maximum Gasteiger partial charge on any atom is 0.323 e. The second-order valence-electron chi connectivity index (χ2n) is 5.34. The van der Waals surface area contributed by atoms with Gasteiger partial charge in [-0.25, -0.2) is 4.79 Å². The highest BCUT2D eigenvalue weighted by Gasteiger charge is 2.10.